The molecule has 5 heteroatoms. The molecular weight excluding hydrogens is 316 g/mol. The summed E-state index contributed by atoms with van der Waals surface area (Å²) < 4.78 is 1.82. The fourth-order valence-electron chi connectivity index (χ4n) is 3.40. The lowest BCUT2D eigenvalue weighted by atomic mass is 9.95. The third-order valence-corrected chi connectivity index (χ3v) is 4.36. The second kappa shape index (κ2) is 5.41. The van der Waals surface area contributed by atoms with Crippen LogP contribution in [-0.4, -0.2) is 15.6 Å². The molecule has 0 aromatic carbocycles. The van der Waals surface area contributed by atoms with Crippen LogP contribution in [0.15, 0.2) is 21.9 Å². The molecule has 3 aliphatic rings. The van der Waals surface area contributed by atoms with Gasteiger partial charge < -0.3 is 9.67 Å². The van der Waals surface area contributed by atoms with E-state index in [9.17, 15) is 14.7 Å². The standard InChI is InChI=1S/C20H22N2O3/c1-10-7-12(3)22(9-20(4,5)6)17-15(10)18(24)14-11(2)8-13(23)21-16(14)19(17)25/h7-8,24H,3,9H2,1-2,4-6H3. The summed E-state index contributed by atoms with van der Waals surface area (Å²) in [5, 5.41) is 12.4. The Labute approximate surface area is 145 Å². The summed E-state index contributed by atoms with van der Waals surface area (Å²) in [6.07, 6.45) is 1.33. The van der Waals surface area contributed by atoms with Crippen LogP contribution in [0.1, 0.15) is 38.8 Å². The molecule has 1 N–H and O–H groups in total. The molecule has 1 aliphatic carbocycles. The number of allylic oxidation sites excluding steroid dienone is 1. The number of carbonyl (C=O) groups is 1. The lowest BCUT2D eigenvalue weighted by Crippen LogP contribution is -2.38. The number of rotatable bonds is 1. The summed E-state index contributed by atoms with van der Waals surface area (Å²) in [5.74, 6) is -0.486. The first kappa shape index (κ1) is 17.1. The van der Waals surface area contributed by atoms with Crippen molar-refractivity contribution in [1.29, 1.82) is 0 Å². The van der Waals surface area contributed by atoms with Crippen molar-refractivity contribution < 1.29 is 9.90 Å². The third kappa shape index (κ3) is 2.69. The zero-order valence-corrected chi connectivity index (χ0v) is 15.2. The number of nitrogens with zero attached hydrogens (tertiary/aromatic N) is 2. The Balaban J connectivity index is 2.68. The lowest BCUT2D eigenvalue weighted by molar-refractivity contribution is -0.113. The van der Waals surface area contributed by atoms with Crippen LogP contribution in [0.3, 0.4) is 0 Å². The third-order valence-electron chi connectivity index (χ3n) is 4.36. The van der Waals surface area contributed by atoms with Crippen molar-refractivity contribution in [2.75, 3.05) is 0 Å². The molecule has 0 saturated carbocycles. The molecule has 1 amide bonds. The smallest absolute Gasteiger partial charge is 0.270 e. The summed E-state index contributed by atoms with van der Waals surface area (Å²) in [4.78, 5) is 28.9. The number of amides is 1. The molecule has 0 atom stereocenters. The highest BCUT2D eigenvalue weighted by Gasteiger charge is 2.22. The Hall–Kier alpha value is -2.69. The summed E-state index contributed by atoms with van der Waals surface area (Å²) >= 11 is 0. The van der Waals surface area contributed by atoms with Crippen molar-refractivity contribution in [2.45, 2.75) is 41.2 Å². The van der Waals surface area contributed by atoms with Crippen LogP contribution in [0, 0.1) is 22.9 Å². The molecule has 130 valence electrons. The van der Waals surface area contributed by atoms with E-state index in [2.05, 4.69) is 32.3 Å². The van der Waals surface area contributed by atoms with Gasteiger partial charge in [-0.15, -0.1) is 0 Å². The molecule has 0 radical (unpaired) electrons. The average Bonchev–Trinajstić information content (AvgIpc) is 2.45. The van der Waals surface area contributed by atoms with E-state index in [0.717, 1.165) is 5.56 Å². The van der Waals surface area contributed by atoms with Gasteiger partial charge in [0.1, 0.15) is 16.5 Å². The fraction of sp³-hybridized carbons (Fsp3) is 0.350. The SMILES string of the molecule is C=c1cc(C)c2c(O)c3c(c(=O)c=2n1CC(C)(C)C)=NC(=O)C=C3C. The van der Waals surface area contributed by atoms with E-state index in [4.69, 9.17) is 0 Å². The van der Waals surface area contributed by atoms with Crippen LogP contribution in [-0.2, 0) is 11.3 Å². The molecule has 0 spiro atoms. The van der Waals surface area contributed by atoms with Gasteiger partial charge in [-0.3, -0.25) is 9.59 Å². The first-order valence-electron chi connectivity index (χ1n) is 8.20. The van der Waals surface area contributed by atoms with Crippen LogP contribution in [0.25, 0.3) is 12.2 Å². The highest BCUT2D eigenvalue weighted by atomic mass is 16.3. The molecule has 2 aliphatic heterocycles. The Morgan fingerprint density at radius 1 is 1.24 bits per heavy atom. The van der Waals surface area contributed by atoms with Gasteiger partial charge in [0.15, 0.2) is 0 Å². The average molecular weight is 338 g/mol. The van der Waals surface area contributed by atoms with Gasteiger partial charge in [0.05, 0.1) is 5.56 Å². The molecular formula is C20H22N2O3. The van der Waals surface area contributed by atoms with Gasteiger partial charge in [-0.2, -0.15) is 0 Å². The van der Waals surface area contributed by atoms with Crippen molar-refractivity contribution in [1.82, 2.24) is 4.57 Å². The van der Waals surface area contributed by atoms with Gasteiger partial charge in [0, 0.05) is 23.2 Å². The highest BCUT2D eigenvalue weighted by Crippen LogP contribution is 2.26. The summed E-state index contributed by atoms with van der Waals surface area (Å²) in [6, 6.07) is 1.86. The van der Waals surface area contributed by atoms with E-state index in [1.54, 1.807) is 6.92 Å². The maximum absolute atomic E-state index is 13.2. The monoisotopic (exact) mass is 338 g/mol. The minimum Gasteiger partial charge on any atom is -0.507 e. The summed E-state index contributed by atoms with van der Waals surface area (Å²) in [6.45, 7) is 14.3. The van der Waals surface area contributed by atoms with Crippen LogP contribution < -0.4 is 16.1 Å². The molecule has 0 unspecified atom stereocenters. The van der Waals surface area contributed by atoms with Gasteiger partial charge >= 0.3 is 0 Å². The van der Waals surface area contributed by atoms with Gasteiger partial charge in [-0.05, 0) is 36.5 Å². The number of hydrogen-bond acceptors (Lipinski definition) is 3. The molecule has 0 bridgehead atoms. The van der Waals surface area contributed by atoms with Gasteiger partial charge in [-0.25, -0.2) is 4.99 Å². The lowest BCUT2D eigenvalue weighted by Gasteiger charge is -2.23. The first-order chi connectivity index (χ1) is 11.5. The number of aromatic nitrogens is 1. The molecule has 2 heterocycles. The Morgan fingerprint density at radius 3 is 2.48 bits per heavy atom. The van der Waals surface area contributed by atoms with Gasteiger partial charge in [0.2, 0.25) is 5.43 Å². The maximum Gasteiger partial charge on any atom is 0.270 e. The fourth-order valence-corrected chi connectivity index (χ4v) is 3.40. The van der Waals surface area contributed by atoms with E-state index in [0.29, 0.717) is 33.6 Å². The van der Waals surface area contributed by atoms with Crippen molar-refractivity contribution in [3.8, 4) is 5.75 Å². The van der Waals surface area contributed by atoms with E-state index < -0.39 is 5.91 Å². The quantitative estimate of drug-likeness (QED) is 0.859. The van der Waals surface area contributed by atoms with Crippen molar-refractivity contribution >= 4 is 18.1 Å². The predicted octanol–water partition coefficient (Wildman–Crippen LogP) is 1.61. The van der Waals surface area contributed by atoms with Crippen LogP contribution in [0.4, 0.5) is 0 Å². The Bertz CT molecular complexity index is 1180. The number of fused-ring (bicyclic) bond motifs is 1. The highest BCUT2D eigenvalue weighted by molar-refractivity contribution is 5.98. The summed E-state index contributed by atoms with van der Waals surface area (Å²) in [7, 11) is 0. The number of hydrogen-bond donors (Lipinski definition) is 1. The topological polar surface area (TPSA) is 71.7 Å². The van der Waals surface area contributed by atoms with E-state index in [1.807, 2.05) is 17.6 Å². The van der Waals surface area contributed by atoms with Gasteiger partial charge in [0.25, 0.3) is 5.91 Å². The second-order valence-electron chi connectivity index (χ2n) is 7.87. The number of carbonyl (C=O) groups excluding carboxylic acids is 1. The molecule has 0 saturated heterocycles. The van der Waals surface area contributed by atoms with Crippen LogP contribution in [0.5, 0.6) is 5.75 Å². The Morgan fingerprint density at radius 2 is 1.88 bits per heavy atom. The van der Waals surface area contributed by atoms with Crippen molar-refractivity contribution in [3.63, 3.8) is 0 Å². The van der Waals surface area contributed by atoms with E-state index in [1.165, 1.54) is 6.08 Å². The van der Waals surface area contributed by atoms with Crippen LogP contribution >= 0.6 is 0 Å². The molecule has 0 fully saturated rings. The molecule has 0 aromatic heterocycles. The predicted molar refractivity (Wildman–Crippen MR) is 96.8 cm³/mol. The van der Waals surface area contributed by atoms with Crippen LogP contribution in [0.2, 0.25) is 0 Å². The molecule has 0 aromatic rings. The zero-order valence-electron chi connectivity index (χ0n) is 15.2. The Kier molecular flexibility index (Phi) is 3.71. The maximum atomic E-state index is 13.2. The molecule has 25 heavy (non-hydrogen) atoms. The van der Waals surface area contributed by atoms with E-state index >= 15 is 0 Å². The minimum atomic E-state index is -0.481. The molecule has 5 nitrogen and oxygen atoms in total. The minimum absolute atomic E-state index is 0.00485. The normalized spacial score (nSPS) is 14.3. The van der Waals surface area contributed by atoms with E-state index in [-0.39, 0.29) is 22.0 Å². The summed E-state index contributed by atoms with van der Waals surface area (Å²) in [5.41, 5.74) is 1.22. The molecule has 3 rings (SSSR count). The van der Waals surface area contributed by atoms with Crippen molar-refractivity contribution in [3.05, 3.63) is 54.8 Å². The van der Waals surface area contributed by atoms with Crippen molar-refractivity contribution in [2.24, 2.45) is 10.4 Å². The number of aromatic hydroxyl groups is 1. The largest absolute Gasteiger partial charge is 0.507 e. The first-order valence-corrected chi connectivity index (χ1v) is 8.20. The zero-order chi connectivity index (χ0) is 18.7. The van der Waals surface area contributed by atoms with Gasteiger partial charge in [-0.1, -0.05) is 27.4 Å². The second-order valence-corrected chi connectivity index (χ2v) is 7.87. The number of aryl methyl sites for hydroxylation is 1.